The Morgan fingerprint density at radius 3 is 2.65 bits per heavy atom. The van der Waals surface area contributed by atoms with Crippen LogP contribution in [0.25, 0.3) is 0 Å². The number of nitrogens with one attached hydrogen (secondary N) is 1. The molecule has 3 rings (SSSR count). The average molecular weight is 295 g/mol. The van der Waals surface area contributed by atoms with E-state index in [0.29, 0.717) is 16.7 Å². The Bertz CT molecular complexity index is 533. The van der Waals surface area contributed by atoms with Gasteiger partial charge in [-0.1, -0.05) is 0 Å². The number of likely N-dealkylation sites (tertiary alicyclic amines) is 1. The van der Waals surface area contributed by atoms with Crippen LogP contribution in [0.1, 0.15) is 47.0 Å². The van der Waals surface area contributed by atoms with Crippen LogP contribution in [0, 0.1) is 0 Å². The summed E-state index contributed by atoms with van der Waals surface area (Å²) in [5, 5.41) is 3.28. The molecule has 0 bridgehead atoms. The van der Waals surface area contributed by atoms with Crippen LogP contribution < -0.4 is 5.32 Å². The smallest absolute Gasteiger partial charge is 0.357 e. The number of methoxy groups -OCH3 is 1. The van der Waals surface area contributed by atoms with Gasteiger partial charge in [-0.05, 0) is 31.6 Å². The monoisotopic (exact) mass is 295 g/mol. The molecule has 7 heteroatoms. The van der Waals surface area contributed by atoms with Crippen LogP contribution >= 0.6 is 11.3 Å². The molecule has 20 heavy (non-hydrogen) atoms. The molecule has 0 radical (unpaired) electrons. The van der Waals surface area contributed by atoms with Gasteiger partial charge in [0.25, 0.3) is 0 Å². The van der Waals surface area contributed by atoms with Crippen molar-refractivity contribution in [2.24, 2.45) is 0 Å². The molecule has 108 valence electrons. The Hall–Kier alpha value is -1.63. The number of aromatic nitrogens is 1. The molecule has 1 aliphatic heterocycles. The van der Waals surface area contributed by atoms with Gasteiger partial charge in [-0.15, -0.1) is 11.3 Å². The Balaban J connectivity index is 1.76. The van der Waals surface area contributed by atoms with E-state index < -0.39 is 5.97 Å². The number of thiazole rings is 1. The highest BCUT2D eigenvalue weighted by molar-refractivity contribution is 7.16. The van der Waals surface area contributed by atoms with E-state index in [4.69, 9.17) is 4.74 Å². The summed E-state index contributed by atoms with van der Waals surface area (Å²) < 4.78 is 4.76. The van der Waals surface area contributed by atoms with Crippen molar-refractivity contribution in [1.82, 2.24) is 9.88 Å². The molecule has 1 aromatic rings. The minimum Gasteiger partial charge on any atom is -0.464 e. The number of urea groups is 1. The second kappa shape index (κ2) is 5.40. The minimum atomic E-state index is -0.426. The maximum Gasteiger partial charge on any atom is 0.357 e. The van der Waals surface area contributed by atoms with E-state index in [1.807, 2.05) is 0 Å². The van der Waals surface area contributed by atoms with Crippen molar-refractivity contribution in [3.05, 3.63) is 10.6 Å². The van der Waals surface area contributed by atoms with E-state index >= 15 is 0 Å². The summed E-state index contributed by atoms with van der Waals surface area (Å²) in [6.07, 6.45) is 4.25. The van der Waals surface area contributed by atoms with Gasteiger partial charge in [-0.25, -0.2) is 14.6 Å². The first-order chi connectivity index (χ1) is 9.69. The highest BCUT2D eigenvalue weighted by atomic mass is 32.1. The summed E-state index contributed by atoms with van der Waals surface area (Å²) in [7, 11) is 1.35. The summed E-state index contributed by atoms with van der Waals surface area (Å²) in [6, 6.07) is -0.130. The highest BCUT2D eigenvalue weighted by Crippen LogP contribution is 2.45. The minimum absolute atomic E-state index is 0.130. The molecule has 2 heterocycles. The normalized spacial score (nSPS) is 18.1. The van der Waals surface area contributed by atoms with Crippen molar-refractivity contribution in [3.8, 4) is 0 Å². The molecule has 0 aromatic carbocycles. The fourth-order valence-corrected chi connectivity index (χ4v) is 3.45. The van der Waals surface area contributed by atoms with Crippen LogP contribution in [0.3, 0.4) is 0 Å². The summed E-state index contributed by atoms with van der Waals surface area (Å²) in [5.41, 5.74) is 0.358. The summed E-state index contributed by atoms with van der Waals surface area (Å²) in [4.78, 5) is 30.7. The van der Waals surface area contributed by atoms with Crippen molar-refractivity contribution in [2.75, 3.05) is 25.5 Å². The summed E-state index contributed by atoms with van der Waals surface area (Å²) >= 11 is 1.39. The van der Waals surface area contributed by atoms with Crippen molar-refractivity contribution in [1.29, 1.82) is 0 Å². The maximum absolute atomic E-state index is 12.0. The number of esters is 1. The number of carbonyl (C=O) groups excluding carboxylic acids is 2. The molecule has 1 aliphatic carbocycles. The topological polar surface area (TPSA) is 71.5 Å². The van der Waals surface area contributed by atoms with Gasteiger partial charge < -0.3 is 9.64 Å². The van der Waals surface area contributed by atoms with Crippen LogP contribution in [0.2, 0.25) is 0 Å². The molecule has 2 aliphatic rings. The number of anilines is 1. The van der Waals surface area contributed by atoms with Crippen molar-refractivity contribution < 1.29 is 14.3 Å². The number of hydrogen-bond donors (Lipinski definition) is 1. The molecular formula is C13H17N3O3S. The number of amides is 2. The maximum atomic E-state index is 12.0. The molecule has 2 amide bonds. The number of carbonyl (C=O) groups is 2. The van der Waals surface area contributed by atoms with E-state index in [9.17, 15) is 9.59 Å². The fourth-order valence-electron chi connectivity index (χ4n) is 2.34. The molecule has 0 unspecified atom stereocenters. The summed E-state index contributed by atoms with van der Waals surface area (Å²) in [6.45, 7) is 1.58. The number of hydrogen-bond acceptors (Lipinski definition) is 5. The lowest BCUT2D eigenvalue weighted by Crippen LogP contribution is -2.32. The van der Waals surface area contributed by atoms with Crippen LogP contribution in [0.15, 0.2) is 0 Å². The Labute approximate surface area is 121 Å². The SMILES string of the molecule is COC(=O)c1nc(NC(=O)N2CCCC2)sc1C1CC1. The number of ether oxygens (including phenoxy) is 1. The van der Waals surface area contributed by atoms with Gasteiger partial charge in [-0.3, -0.25) is 5.32 Å². The van der Waals surface area contributed by atoms with E-state index in [2.05, 4.69) is 10.3 Å². The van der Waals surface area contributed by atoms with E-state index in [1.54, 1.807) is 4.90 Å². The van der Waals surface area contributed by atoms with Crippen LogP contribution in [-0.4, -0.2) is 42.1 Å². The predicted octanol–water partition coefficient (Wildman–Crippen LogP) is 2.43. The Morgan fingerprint density at radius 2 is 2.05 bits per heavy atom. The third-order valence-corrected chi connectivity index (χ3v) is 4.72. The van der Waals surface area contributed by atoms with Gasteiger partial charge >= 0.3 is 12.0 Å². The molecule has 0 spiro atoms. The van der Waals surface area contributed by atoms with E-state index in [-0.39, 0.29) is 6.03 Å². The molecule has 1 saturated heterocycles. The van der Waals surface area contributed by atoms with Crippen molar-refractivity contribution in [3.63, 3.8) is 0 Å². The van der Waals surface area contributed by atoms with Crippen molar-refractivity contribution in [2.45, 2.75) is 31.6 Å². The molecular weight excluding hydrogens is 278 g/mol. The first-order valence-electron chi connectivity index (χ1n) is 6.84. The third kappa shape index (κ3) is 2.63. The average Bonchev–Trinajstić information content (AvgIpc) is 2.99. The van der Waals surface area contributed by atoms with Gasteiger partial charge in [0.2, 0.25) is 0 Å². The van der Waals surface area contributed by atoms with E-state index in [1.165, 1.54) is 18.4 Å². The zero-order valence-corrected chi connectivity index (χ0v) is 12.2. The second-order valence-corrected chi connectivity index (χ2v) is 6.15. The zero-order chi connectivity index (χ0) is 14.1. The Morgan fingerprint density at radius 1 is 1.35 bits per heavy atom. The standard InChI is InChI=1S/C13H17N3O3S/c1-19-11(17)9-10(8-4-5-8)20-12(14-9)15-13(18)16-6-2-3-7-16/h8H,2-7H2,1H3,(H,14,15,18). The van der Waals surface area contributed by atoms with Gasteiger partial charge in [0.05, 0.1) is 7.11 Å². The van der Waals surface area contributed by atoms with Gasteiger partial charge in [0, 0.05) is 18.0 Å². The largest absolute Gasteiger partial charge is 0.464 e. The highest BCUT2D eigenvalue weighted by Gasteiger charge is 2.33. The fraction of sp³-hybridized carbons (Fsp3) is 0.615. The summed E-state index contributed by atoms with van der Waals surface area (Å²) in [5.74, 6) is -0.0242. The Kier molecular flexibility index (Phi) is 3.60. The third-order valence-electron chi connectivity index (χ3n) is 3.59. The van der Waals surface area contributed by atoms with Crippen LogP contribution in [-0.2, 0) is 4.74 Å². The molecule has 6 nitrogen and oxygen atoms in total. The van der Waals surface area contributed by atoms with Crippen LogP contribution in [0.5, 0.6) is 0 Å². The van der Waals surface area contributed by atoms with Crippen molar-refractivity contribution >= 4 is 28.5 Å². The predicted molar refractivity (Wildman–Crippen MR) is 75.3 cm³/mol. The van der Waals surface area contributed by atoms with Crippen LogP contribution in [0.4, 0.5) is 9.93 Å². The molecule has 0 atom stereocenters. The molecule has 1 aromatic heterocycles. The molecule has 2 fully saturated rings. The lowest BCUT2D eigenvalue weighted by molar-refractivity contribution is 0.0593. The van der Waals surface area contributed by atoms with Gasteiger partial charge in [0.15, 0.2) is 10.8 Å². The van der Waals surface area contributed by atoms with Gasteiger partial charge in [0.1, 0.15) is 0 Å². The molecule has 1 N–H and O–H groups in total. The first kappa shape index (κ1) is 13.4. The lowest BCUT2D eigenvalue weighted by Gasteiger charge is -2.14. The zero-order valence-electron chi connectivity index (χ0n) is 11.3. The molecule has 1 saturated carbocycles. The lowest BCUT2D eigenvalue weighted by atomic mass is 10.3. The van der Waals surface area contributed by atoms with Gasteiger partial charge in [-0.2, -0.15) is 0 Å². The quantitative estimate of drug-likeness (QED) is 0.869. The second-order valence-electron chi connectivity index (χ2n) is 5.12. The number of nitrogens with zero attached hydrogens (tertiary/aromatic N) is 2. The first-order valence-corrected chi connectivity index (χ1v) is 7.65. The van der Waals surface area contributed by atoms with E-state index in [0.717, 1.165) is 43.6 Å². The number of rotatable bonds is 3.